The van der Waals surface area contributed by atoms with E-state index in [1.165, 1.54) is 5.56 Å². The first kappa shape index (κ1) is 17.0. The van der Waals surface area contributed by atoms with Crippen molar-refractivity contribution in [1.82, 2.24) is 25.3 Å². The SMILES string of the molecule is Cc1nn(C)c(C)c1CC(C)C(=O)NCCN1CCNCC1. The Hall–Kier alpha value is -1.40. The Labute approximate surface area is 133 Å². The molecular weight excluding hydrogens is 278 g/mol. The van der Waals surface area contributed by atoms with Gasteiger partial charge in [-0.2, -0.15) is 5.10 Å². The molecule has 124 valence electrons. The number of rotatable bonds is 6. The molecule has 22 heavy (non-hydrogen) atoms. The Balaban J connectivity index is 1.76. The molecular formula is C16H29N5O. The maximum atomic E-state index is 12.2. The molecule has 1 unspecified atom stereocenters. The number of carbonyl (C=O) groups excluding carboxylic acids is 1. The summed E-state index contributed by atoms with van der Waals surface area (Å²) in [5, 5.41) is 10.8. The number of amides is 1. The summed E-state index contributed by atoms with van der Waals surface area (Å²) >= 11 is 0. The summed E-state index contributed by atoms with van der Waals surface area (Å²) in [6, 6.07) is 0. The number of nitrogens with zero attached hydrogens (tertiary/aromatic N) is 3. The lowest BCUT2D eigenvalue weighted by Gasteiger charge is -2.27. The van der Waals surface area contributed by atoms with Crippen molar-refractivity contribution < 1.29 is 4.79 Å². The summed E-state index contributed by atoms with van der Waals surface area (Å²) in [4.78, 5) is 14.6. The van der Waals surface area contributed by atoms with Crippen molar-refractivity contribution in [3.63, 3.8) is 0 Å². The fraction of sp³-hybridized carbons (Fsp3) is 0.750. The van der Waals surface area contributed by atoms with Crippen LogP contribution >= 0.6 is 0 Å². The van der Waals surface area contributed by atoms with Crippen molar-refractivity contribution in [2.24, 2.45) is 13.0 Å². The Bertz CT molecular complexity index is 505. The molecule has 1 aliphatic heterocycles. The minimum absolute atomic E-state index is 0.0235. The fourth-order valence-electron chi connectivity index (χ4n) is 2.96. The summed E-state index contributed by atoms with van der Waals surface area (Å²) in [5.41, 5.74) is 3.38. The zero-order chi connectivity index (χ0) is 16.1. The van der Waals surface area contributed by atoms with Crippen LogP contribution in [-0.2, 0) is 18.3 Å². The van der Waals surface area contributed by atoms with Gasteiger partial charge in [-0.05, 0) is 25.8 Å². The van der Waals surface area contributed by atoms with E-state index >= 15 is 0 Å². The van der Waals surface area contributed by atoms with E-state index in [-0.39, 0.29) is 11.8 Å². The van der Waals surface area contributed by atoms with Crippen LogP contribution in [0.5, 0.6) is 0 Å². The summed E-state index contributed by atoms with van der Waals surface area (Å²) in [7, 11) is 1.95. The van der Waals surface area contributed by atoms with E-state index in [1.807, 2.05) is 25.6 Å². The Morgan fingerprint density at radius 3 is 2.64 bits per heavy atom. The molecule has 0 aromatic carbocycles. The Morgan fingerprint density at radius 2 is 2.05 bits per heavy atom. The fourth-order valence-corrected chi connectivity index (χ4v) is 2.96. The van der Waals surface area contributed by atoms with Crippen LogP contribution in [0.15, 0.2) is 0 Å². The maximum absolute atomic E-state index is 12.2. The topological polar surface area (TPSA) is 62.2 Å². The van der Waals surface area contributed by atoms with E-state index in [2.05, 4.69) is 27.6 Å². The smallest absolute Gasteiger partial charge is 0.223 e. The molecule has 2 N–H and O–H groups in total. The minimum Gasteiger partial charge on any atom is -0.355 e. The van der Waals surface area contributed by atoms with Crippen molar-refractivity contribution in [2.75, 3.05) is 39.3 Å². The highest BCUT2D eigenvalue weighted by Crippen LogP contribution is 2.16. The first-order valence-corrected chi connectivity index (χ1v) is 8.19. The summed E-state index contributed by atoms with van der Waals surface area (Å²) < 4.78 is 1.89. The second kappa shape index (κ2) is 7.74. The Morgan fingerprint density at radius 1 is 1.36 bits per heavy atom. The molecule has 1 aromatic rings. The molecule has 0 radical (unpaired) electrons. The van der Waals surface area contributed by atoms with Crippen LogP contribution in [0.4, 0.5) is 0 Å². The minimum atomic E-state index is -0.0235. The van der Waals surface area contributed by atoms with Crippen LogP contribution in [0.3, 0.4) is 0 Å². The van der Waals surface area contributed by atoms with E-state index in [4.69, 9.17) is 0 Å². The van der Waals surface area contributed by atoms with Crippen molar-refractivity contribution in [3.05, 3.63) is 17.0 Å². The quantitative estimate of drug-likeness (QED) is 0.790. The van der Waals surface area contributed by atoms with E-state index < -0.39 is 0 Å². The molecule has 6 nitrogen and oxygen atoms in total. The number of hydrogen-bond donors (Lipinski definition) is 2. The van der Waals surface area contributed by atoms with Crippen LogP contribution in [0.25, 0.3) is 0 Å². The molecule has 1 aromatic heterocycles. The number of carbonyl (C=O) groups is 1. The van der Waals surface area contributed by atoms with E-state index in [0.717, 1.165) is 57.1 Å². The third-order valence-electron chi connectivity index (χ3n) is 4.55. The molecule has 2 rings (SSSR count). The van der Waals surface area contributed by atoms with Gasteiger partial charge in [0.05, 0.1) is 5.69 Å². The normalized spacial score (nSPS) is 17.5. The van der Waals surface area contributed by atoms with Crippen molar-refractivity contribution in [3.8, 4) is 0 Å². The lowest BCUT2D eigenvalue weighted by atomic mass is 9.99. The van der Waals surface area contributed by atoms with Gasteiger partial charge in [-0.15, -0.1) is 0 Å². The summed E-state index contributed by atoms with van der Waals surface area (Å²) in [5.74, 6) is 0.113. The number of aromatic nitrogens is 2. The van der Waals surface area contributed by atoms with Crippen molar-refractivity contribution >= 4 is 5.91 Å². The maximum Gasteiger partial charge on any atom is 0.223 e. The molecule has 0 bridgehead atoms. The predicted octanol–water partition coefficient (Wildman–Crippen LogP) is 0.237. The van der Waals surface area contributed by atoms with Gasteiger partial charge in [0.2, 0.25) is 5.91 Å². The highest BCUT2D eigenvalue weighted by Gasteiger charge is 2.18. The number of hydrogen-bond acceptors (Lipinski definition) is 4. The summed E-state index contributed by atoms with van der Waals surface area (Å²) in [6.45, 7) is 12.0. The van der Waals surface area contributed by atoms with Crippen LogP contribution in [0, 0.1) is 19.8 Å². The van der Waals surface area contributed by atoms with Gasteiger partial charge in [0.1, 0.15) is 0 Å². The predicted molar refractivity (Wildman–Crippen MR) is 87.9 cm³/mol. The van der Waals surface area contributed by atoms with Gasteiger partial charge < -0.3 is 10.6 Å². The van der Waals surface area contributed by atoms with Gasteiger partial charge in [0.15, 0.2) is 0 Å². The second-order valence-corrected chi connectivity index (χ2v) is 6.26. The van der Waals surface area contributed by atoms with E-state index in [9.17, 15) is 4.79 Å². The molecule has 1 saturated heterocycles. The highest BCUT2D eigenvalue weighted by atomic mass is 16.1. The first-order chi connectivity index (χ1) is 10.5. The standard InChI is InChI=1S/C16H29N5O/c1-12(11-15-13(2)19-20(4)14(15)3)16(22)18-7-10-21-8-5-17-6-9-21/h12,17H,5-11H2,1-4H3,(H,18,22). The molecule has 0 spiro atoms. The third-order valence-corrected chi connectivity index (χ3v) is 4.55. The van der Waals surface area contributed by atoms with Crippen LogP contribution in [-0.4, -0.2) is 59.9 Å². The lowest BCUT2D eigenvalue weighted by Crippen LogP contribution is -2.46. The molecule has 1 aliphatic rings. The molecule has 0 aliphatic carbocycles. The van der Waals surface area contributed by atoms with Crippen LogP contribution in [0.1, 0.15) is 23.9 Å². The molecule has 1 atom stereocenters. The van der Waals surface area contributed by atoms with Crippen LogP contribution < -0.4 is 10.6 Å². The van der Waals surface area contributed by atoms with Gasteiger partial charge >= 0.3 is 0 Å². The zero-order valence-electron chi connectivity index (χ0n) is 14.3. The van der Waals surface area contributed by atoms with Gasteiger partial charge in [0, 0.05) is 57.9 Å². The second-order valence-electron chi connectivity index (χ2n) is 6.26. The molecule has 6 heteroatoms. The molecule has 0 saturated carbocycles. The largest absolute Gasteiger partial charge is 0.355 e. The number of nitrogens with one attached hydrogen (secondary N) is 2. The van der Waals surface area contributed by atoms with Gasteiger partial charge in [-0.1, -0.05) is 6.92 Å². The average Bonchev–Trinajstić information content (AvgIpc) is 2.74. The van der Waals surface area contributed by atoms with E-state index in [0.29, 0.717) is 0 Å². The van der Waals surface area contributed by atoms with Gasteiger partial charge in [0.25, 0.3) is 0 Å². The monoisotopic (exact) mass is 307 g/mol. The number of aryl methyl sites for hydroxylation is 2. The third kappa shape index (κ3) is 4.30. The highest BCUT2D eigenvalue weighted by molar-refractivity contribution is 5.78. The summed E-state index contributed by atoms with van der Waals surface area (Å²) in [6.07, 6.45) is 0.755. The van der Waals surface area contributed by atoms with Crippen LogP contribution in [0.2, 0.25) is 0 Å². The van der Waals surface area contributed by atoms with Gasteiger partial charge in [-0.25, -0.2) is 0 Å². The lowest BCUT2D eigenvalue weighted by molar-refractivity contribution is -0.124. The molecule has 1 amide bonds. The van der Waals surface area contributed by atoms with Crippen molar-refractivity contribution in [1.29, 1.82) is 0 Å². The molecule has 1 fully saturated rings. The number of piperazine rings is 1. The van der Waals surface area contributed by atoms with Crippen molar-refractivity contribution in [2.45, 2.75) is 27.2 Å². The zero-order valence-corrected chi connectivity index (χ0v) is 14.3. The van der Waals surface area contributed by atoms with Gasteiger partial charge in [-0.3, -0.25) is 14.4 Å². The molecule has 2 heterocycles. The van der Waals surface area contributed by atoms with E-state index in [1.54, 1.807) is 0 Å². The first-order valence-electron chi connectivity index (χ1n) is 8.19. The Kier molecular flexibility index (Phi) is 5.97. The average molecular weight is 307 g/mol.